The number of anilines is 1. The van der Waals surface area contributed by atoms with E-state index in [1.54, 1.807) is 18.2 Å². The van der Waals surface area contributed by atoms with Gasteiger partial charge in [-0.1, -0.05) is 11.6 Å². The van der Waals surface area contributed by atoms with Crippen LogP contribution in [0, 0.1) is 0 Å². The minimum atomic E-state index is -0.278. The highest BCUT2D eigenvalue weighted by molar-refractivity contribution is 6.32. The van der Waals surface area contributed by atoms with Crippen LogP contribution in [-0.2, 0) is 4.79 Å². The van der Waals surface area contributed by atoms with E-state index in [0.29, 0.717) is 16.5 Å². The van der Waals surface area contributed by atoms with Crippen molar-refractivity contribution in [3.8, 4) is 5.75 Å². The number of nitrogens with one attached hydrogen (secondary N) is 1. The van der Waals surface area contributed by atoms with E-state index in [1.165, 1.54) is 0 Å². The third-order valence-corrected chi connectivity index (χ3v) is 2.14. The highest BCUT2D eigenvalue weighted by atomic mass is 35.5. The Labute approximate surface area is 106 Å². The summed E-state index contributed by atoms with van der Waals surface area (Å²) < 4.78 is 5.30. The number of carbonyl (C=O) groups is 1. The number of hydrogen-bond donors (Lipinski definition) is 2. The van der Waals surface area contributed by atoms with E-state index in [0.717, 1.165) is 0 Å². The van der Waals surface area contributed by atoms with E-state index in [-0.39, 0.29) is 18.1 Å². The molecule has 0 saturated heterocycles. The van der Waals surface area contributed by atoms with Crippen molar-refractivity contribution in [3.63, 3.8) is 0 Å². The van der Waals surface area contributed by atoms with Gasteiger partial charge in [-0.15, -0.1) is 0 Å². The number of amides is 1. The number of nitrogens with two attached hydrogens (primary N) is 1. The fourth-order valence-electron chi connectivity index (χ4n) is 1.23. The van der Waals surface area contributed by atoms with Crippen molar-refractivity contribution in [1.29, 1.82) is 0 Å². The standard InChI is InChI=1S/C12H17ClN2O2/c1-12(2,3)15-11(16)7-17-10-6-8(14)4-5-9(10)13/h4-6H,7,14H2,1-3H3,(H,15,16). The van der Waals surface area contributed by atoms with E-state index < -0.39 is 0 Å². The van der Waals surface area contributed by atoms with Gasteiger partial charge < -0.3 is 15.8 Å². The first kappa shape index (κ1) is 13.6. The molecule has 0 fully saturated rings. The number of benzene rings is 1. The van der Waals surface area contributed by atoms with Crippen LogP contribution in [-0.4, -0.2) is 18.1 Å². The molecule has 1 aromatic carbocycles. The molecular weight excluding hydrogens is 240 g/mol. The lowest BCUT2D eigenvalue weighted by atomic mass is 10.1. The average molecular weight is 257 g/mol. The summed E-state index contributed by atoms with van der Waals surface area (Å²) >= 11 is 5.90. The highest BCUT2D eigenvalue weighted by Gasteiger charge is 2.14. The monoisotopic (exact) mass is 256 g/mol. The molecule has 1 aromatic rings. The molecule has 0 aliphatic carbocycles. The second-order valence-corrected chi connectivity index (χ2v) is 5.18. The van der Waals surface area contributed by atoms with Gasteiger partial charge in [-0.3, -0.25) is 4.79 Å². The van der Waals surface area contributed by atoms with Crippen LogP contribution >= 0.6 is 11.6 Å². The fourth-order valence-corrected chi connectivity index (χ4v) is 1.40. The summed E-state index contributed by atoms with van der Waals surface area (Å²) in [6, 6.07) is 4.89. The summed E-state index contributed by atoms with van der Waals surface area (Å²) in [4.78, 5) is 11.5. The van der Waals surface area contributed by atoms with E-state index in [9.17, 15) is 4.79 Å². The maximum Gasteiger partial charge on any atom is 0.258 e. The van der Waals surface area contributed by atoms with Gasteiger partial charge >= 0.3 is 0 Å². The van der Waals surface area contributed by atoms with Gasteiger partial charge in [0.1, 0.15) is 5.75 Å². The fraction of sp³-hybridized carbons (Fsp3) is 0.417. The number of rotatable bonds is 3. The Morgan fingerprint density at radius 2 is 2.12 bits per heavy atom. The van der Waals surface area contributed by atoms with Gasteiger partial charge in [0.05, 0.1) is 5.02 Å². The molecule has 94 valence electrons. The lowest BCUT2D eigenvalue weighted by molar-refractivity contribution is -0.124. The zero-order chi connectivity index (χ0) is 13.1. The van der Waals surface area contributed by atoms with Crippen LogP contribution in [0.4, 0.5) is 5.69 Å². The molecule has 4 nitrogen and oxygen atoms in total. The number of halogens is 1. The molecule has 0 saturated carbocycles. The Balaban J connectivity index is 2.56. The molecule has 0 aliphatic rings. The Morgan fingerprint density at radius 1 is 1.47 bits per heavy atom. The van der Waals surface area contributed by atoms with Gasteiger partial charge in [-0.25, -0.2) is 0 Å². The number of nitrogen functional groups attached to an aromatic ring is 1. The van der Waals surface area contributed by atoms with Crippen LogP contribution < -0.4 is 15.8 Å². The molecule has 1 amide bonds. The maximum absolute atomic E-state index is 11.5. The zero-order valence-electron chi connectivity index (χ0n) is 10.2. The second kappa shape index (κ2) is 5.27. The molecule has 0 bridgehead atoms. The molecule has 0 aromatic heterocycles. The van der Waals surface area contributed by atoms with Gasteiger partial charge in [0.15, 0.2) is 6.61 Å². The van der Waals surface area contributed by atoms with Crippen molar-refractivity contribution in [2.45, 2.75) is 26.3 Å². The van der Waals surface area contributed by atoms with Crippen molar-refractivity contribution in [2.75, 3.05) is 12.3 Å². The summed E-state index contributed by atoms with van der Waals surface area (Å²) in [5.41, 5.74) is 5.86. The average Bonchev–Trinajstić information content (AvgIpc) is 2.17. The predicted molar refractivity (Wildman–Crippen MR) is 69.3 cm³/mol. The molecule has 5 heteroatoms. The third-order valence-electron chi connectivity index (χ3n) is 1.83. The van der Waals surface area contributed by atoms with Crippen LogP contribution in [0.5, 0.6) is 5.75 Å². The van der Waals surface area contributed by atoms with Crippen LogP contribution in [0.15, 0.2) is 18.2 Å². The number of ether oxygens (including phenoxy) is 1. The maximum atomic E-state index is 11.5. The molecule has 1 rings (SSSR count). The molecular formula is C12H17ClN2O2. The first-order valence-electron chi connectivity index (χ1n) is 5.27. The topological polar surface area (TPSA) is 64.3 Å². The molecule has 0 aliphatic heterocycles. The predicted octanol–water partition coefficient (Wildman–Crippen LogP) is 2.22. The molecule has 3 N–H and O–H groups in total. The summed E-state index contributed by atoms with van der Waals surface area (Å²) in [7, 11) is 0. The Kier molecular flexibility index (Phi) is 4.23. The normalized spacial score (nSPS) is 11.1. The third kappa shape index (κ3) is 4.95. The van der Waals surface area contributed by atoms with E-state index >= 15 is 0 Å². The summed E-state index contributed by atoms with van der Waals surface area (Å²) in [6.07, 6.45) is 0. The van der Waals surface area contributed by atoms with Gasteiger partial charge in [-0.05, 0) is 32.9 Å². The number of hydrogen-bond acceptors (Lipinski definition) is 3. The van der Waals surface area contributed by atoms with Gasteiger partial charge in [-0.2, -0.15) is 0 Å². The summed E-state index contributed by atoms with van der Waals surface area (Å²) in [5.74, 6) is 0.215. The summed E-state index contributed by atoms with van der Waals surface area (Å²) in [6.45, 7) is 5.62. The molecule has 0 heterocycles. The Hall–Kier alpha value is -1.42. The van der Waals surface area contributed by atoms with Crippen molar-refractivity contribution >= 4 is 23.2 Å². The Bertz CT molecular complexity index is 413. The van der Waals surface area contributed by atoms with Crippen molar-refractivity contribution in [3.05, 3.63) is 23.2 Å². The summed E-state index contributed by atoms with van der Waals surface area (Å²) in [5, 5.41) is 3.22. The first-order valence-corrected chi connectivity index (χ1v) is 5.64. The van der Waals surface area contributed by atoms with E-state index in [4.69, 9.17) is 22.1 Å². The van der Waals surface area contributed by atoms with Crippen LogP contribution in [0.1, 0.15) is 20.8 Å². The van der Waals surface area contributed by atoms with Crippen LogP contribution in [0.25, 0.3) is 0 Å². The lowest BCUT2D eigenvalue weighted by Crippen LogP contribution is -2.43. The van der Waals surface area contributed by atoms with Crippen molar-refractivity contribution < 1.29 is 9.53 Å². The van der Waals surface area contributed by atoms with Crippen LogP contribution in [0.2, 0.25) is 5.02 Å². The van der Waals surface area contributed by atoms with E-state index in [2.05, 4.69) is 5.32 Å². The minimum absolute atomic E-state index is 0.0829. The molecule has 0 radical (unpaired) electrons. The van der Waals surface area contributed by atoms with Gasteiger partial charge in [0.25, 0.3) is 5.91 Å². The van der Waals surface area contributed by atoms with Crippen LogP contribution in [0.3, 0.4) is 0 Å². The molecule has 0 atom stereocenters. The second-order valence-electron chi connectivity index (χ2n) is 4.78. The zero-order valence-corrected chi connectivity index (χ0v) is 11.0. The van der Waals surface area contributed by atoms with Crippen molar-refractivity contribution in [1.82, 2.24) is 5.32 Å². The molecule has 0 unspecified atom stereocenters. The minimum Gasteiger partial charge on any atom is -0.482 e. The number of carbonyl (C=O) groups excluding carboxylic acids is 1. The first-order chi connectivity index (χ1) is 7.78. The largest absolute Gasteiger partial charge is 0.482 e. The SMILES string of the molecule is CC(C)(C)NC(=O)COc1cc(N)ccc1Cl. The van der Waals surface area contributed by atoms with Gasteiger partial charge in [0, 0.05) is 17.3 Å². The molecule has 17 heavy (non-hydrogen) atoms. The smallest absolute Gasteiger partial charge is 0.258 e. The van der Waals surface area contributed by atoms with E-state index in [1.807, 2.05) is 20.8 Å². The quantitative estimate of drug-likeness (QED) is 0.815. The van der Waals surface area contributed by atoms with Crippen molar-refractivity contribution in [2.24, 2.45) is 0 Å². The molecule has 0 spiro atoms. The highest BCUT2D eigenvalue weighted by Crippen LogP contribution is 2.26. The Morgan fingerprint density at radius 3 is 2.71 bits per heavy atom. The lowest BCUT2D eigenvalue weighted by Gasteiger charge is -2.20. The van der Waals surface area contributed by atoms with Gasteiger partial charge in [0.2, 0.25) is 0 Å².